The number of nitrogens with zero attached hydrogens (tertiary/aromatic N) is 2. The normalized spacial score (nSPS) is 10.9. The third-order valence-corrected chi connectivity index (χ3v) is 4.81. The number of rotatable bonds is 5. The van der Waals surface area contributed by atoms with Gasteiger partial charge in [-0.15, -0.1) is 0 Å². The Morgan fingerprint density at radius 1 is 1.09 bits per heavy atom. The molecule has 4 heteroatoms. The molecular formula is C19H19BrN2O. The Bertz CT molecular complexity index is 825. The quantitative estimate of drug-likeness (QED) is 0.651. The van der Waals surface area contributed by atoms with E-state index in [9.17, 15) is 4.79 Å². The zero-order chi connectivity index (χ0) is 16.2. The van der Waals surface area contributed by atoms with Crippen LogP contribution in [0.3, 0.4) is 0 Å². The van der Waals surface area contributed by atoms with Crippen molar-refractivity contribution in [2.24, 2.45) is 0 Å². The van der Waals surface area contributed by atoms with Gasteiger partial charge in [-0.1, -0.05) is 52.3 Å². The third kappa shape index (κ3) is 3.64. The highest BCUT2D eigenvalue weighted by molar-refractivity contribution is 9.10. The van der Waals surface area contributed by atoms with Crippen molar-refractivity contribution in [2.45, 2.75) is 19.5 Å². The van der Waals surface area contributed by atoms with Gasteiger partial charge in [0.2, 0.25) is 5.91 Å². The fourth-order valence-electron chi connectivity index (χ4n) is 2.71. The van der Waals surface area contributed by atoms with Gasteiger partial charge in [0.15, 0.2) is 0 Å². The van der Waals surface area contributed by atoms with E-state index in [4.69, 9.17) is 0 Å². The molecule has 0 aliphatic rings. The average molecular weight is 371 g/mol. The van der Waals surface area contributed by atoms with Crippen molar-refractivity contribution in [2.75, 3.05) is 7.05 Å². The smallest absolute Gasteiger partial charge is 0.224 e. The maximum Gasteiger partial charge on any atom is 0.224 e. The van der Waals surface area contributed by atoms with Crippen molar-refractivity contribution in [3.63, 3.8) is 0 Å². The summed E-state index contributed by atoms with van der Waals surface area (Å²) in [5.74, 6) is 0.151. The molecule has 0 radical (unpaired) electrons. The number of benzene rings is 2. The van der Waals surface area contributed by atoms with Crippen LogP contribution in [0, 0.1) is 0 Å². The molecule has 0 fully saturated rings. The zero-order valence-corrected chi connectivity index (χ0v) is 14.7. The largest absolute Gasteiger partial charge is 0.347 e. The number of carbonyl (C=O) groups excluding carboxylic acids is 1. The highest BCUT2D eigenvalue weighted by Crippen LogP contribution is 2.18. The summed E-state index contributed by atoms with van der Waals surface area (Å²) in [5, 5.41) is 1.21. The molecule has 3 nitrogen and oxygen atoms in total. The van der Waals surface area contributed by atoms with Crippen molar-refractivity contribution >= 4 is 32.7 Å². The molecule has 0 aliphatic carbocycles. The highest BCUT2D eigenvalue weighted by atomic mass is 79.9. The standard InChI is InChI=1S/C19H19BrN2O/c1-21(14-16-7-2-4-8-17(16)20)19(23)11-13-22-12-10-15-6-3-5-9-18(15)22/h2-10,12H,11,13-14H2,1H3. The van der Waals surface area contributed by atoms with Crippen molar-refractivity contribution in [1.82, 2.24) is 9.47 Å². The van der Waals surface area contributed by atoms with E-state index in [0.29, 0.717) is 19.5 Å². The van der Waals surface area contributed by atoms with Crippen LogP contribution in [0.5, 0.6) is 0 Å². The van der Waals surface area contributed by atoms with Crippen molar-refractivity contribution in [3.05, 3.63) is 70.8 Å². The molecule has 0 atom stereocenters. The van der Waals surface area contributed by atoms with Crippen LogP contribution in [0.25, 0.3) is 10.9 Å². The van der Waals surface area contributed by atoms with Gasteiger partial charge in [-0.25, -0.2) is 0 Å². The summed E-state index contributed by atoms with van der Waals surface area (Å²) in [6.45, 7) is 1.32. The molecule has 1 amide bonds. The summed E-state index contributed by atoms with van der Waals surface area (Å²) in [7, 11) is 1.86. The van der Waals surface area contributed by atoms with Crippen LogP contribution in [0.1, 0.15) is 12.0 Å². The van der Waals surface area contributed by atoms with Crippen molar-refractivity contribution in [1.29, 1.82) is 0 Å². The lowest BCUT2D eigenvalue weighted by Crippen LogP contribution is -2.27. The second-order valence-corrected chi connectivity index (χ2v) is 6.51. The zero-order valence-electron chi connectivity index (χ0n) is 13.1. The number of amides is 1. The molecular weight excluding hydrogens is 352 g/mol. The fraction of sp³-hybridized carbons (Fsp3) is 0.211. The molecule has 0 aliphatic heterocycles. The monoisotopic (exact) mass is 370 g/mol. The second kappa shape index (κ2) is 7.01. The molecule has 0 N–H and O–H groups in total. The van der Waals surface area contributed by atoms with Gasteiger partial charge in [-0.2, -0.15) is 0 Å². The van der Waals surface area contributed by atoms with Crippen LogP contribution in [0.15, 0.2) is 65.3 Å². The van der Waals surface area contributed by atoms with E-state index in [0.717, 1.165) is 10.0 Å². The van der Waals surface area contributed by atoms with E-state index in [1.807, 2.05) is 49.6 Å². The molecule has 3 aromatic rings. The lowest BCUT2D eigenvalue weighted by Gasteiger charge is -2.18. The van der Waals surface area contributed by atoms with Crippen LogP contribution in [-0.4, -0.2) is 22.4 Å². The van der Waals surface area contributed by atoms with Crippen LogP contribution in [0.2, 0.25) is 0 Å². The Labute approximate surface area is 144 Å². The molecule has 0 saturated heterocycles. The van der Waals surface area contributed by atoms with Crippen LogP contribution in [0.4, 0.5) is 0 Å². The van der Waals surface area contributed by atoms with Crippen LogP contribution >= 0.6 is 15.9 Å². The second-order valence-electron chi connectivity index (χ2n) is 5.66. The van der Waals surface area contributed by atoms with Gasteiger partial charge in [0.25, 0.3) is 0 Å². The van der Waals surface area contributed by atoms with Crippen LogP contribution < -0.4 is 0 Å². The molecule has 3 rings (SSSR count). The van der Waals surface area contributed by atoms with Gasteiger partial charge in [0.05, 0.1) is 0 Å². The summed E-state index contributed by atoms with van der Waals surface area (Å²) in [6, 6.07) is 18.3. The summed E-state index contributed by atoms with van der Waals surface area (Å²) in [5.41, 5.74) is 2.29. The molecule has 1 heterocycles. The lowest BCUT2D eigenvalue weighted by atomic mass is 10.2. The highest BCUT2D eigenvalue weighted by Gasteiger charge is 2.11. The molecule has 23 heavy (non-hydrogen) atoms. The lowest BCUT2D eigenvalue weighted by molar-refractivity contribution is -0.130. The first-order valence-corrected chi connectivity index (χ1v) is 8.46. The summed E-state index contributed by atoms with van der Waals surface area (Å²) in [6.07, 6.45) is 2.55. The molecule has 1 aromatic heterocycles. The number of fused-ring (bicyclic) bond motifs is 1. The Morgan fingerprint density at radius 3 is 2.65 bits per heavy atom. The predicted molar refractivity (Wildman–Crippen MR) is 97.2 cm³/mol. The van der Waals surface area contributed by atoms with E-state index < -0.39 is 0 Å². The minimum absolute atomic E-state index is 0.151. The topological polar surface area (TPSA) is 25.2 Å². The number of aromatic nitrogens is 1. The SMILES string of the molecule is CN(Cc1ccccc1Br)C(=O)CCn1ccc2ccccc21. The average Bonchev–Trinajstić information content (AvgIpc) is 2.98. The van der Waals surface area contributed by atoms with Crippen molar-refractivity contribution < 1.29 is 4.79 Å². The maximum atomic E-state index is 12.4. The van der Waals surface area contributed by atoms with Crippen molar-refractivity contribution in [3.8, 4) is 0 Å². The maximum absolute atomic E-state index is 12.4. The van der Waals surface area contributed by atoms with E-state index in [1.165, 1.54) is 10.9 Å². The van der Waals surface area contributed by atoms with Gasteiger partial charge < -0.3 is 9.47 Å². The number of carbonyl (C=O) groups is 1. The van der Waals surface area contributed by atoms with Gasteiger partial charge in [0, 0.05) is 42.7 Å². The Kier molecular flexibility index (Phi) is 4.82. The molecule has 0 unspecified atom stereocenters. The molecule has 118 valence electrons. The van der Waals surface area contributed by atoms with E-state index in [1.54, 1.807) is 4.90 Å². The van der Waals surface area contributed by atoms with E-state index in [2.05, 4.69) is 38.7 Å². The predicted octanol–water partition coefficient (Wildman–Crippen LogP) is 4.45. The van der Waals surface area contributed by atoms with Gasteiger partial charge in [0.1, 0.15) is 0 Å². The van der Waals surface area contributed by atoms with E-state index in [-0.39, 0.29) is 5.91 Å². The summed E-state index contributed by atoms with van der Waals surface area (Å²) >= 11 is 3.53. The first-order chi connectivity index (χ1) is 11.1. The minimum atomic E-state index is 0.151. The summed E-state index contributed by atoms with van der Waals surface area (Å²) < 4.78 is 3.18. The molecule has 2 aromatic carbocycles. The molecule has 0 bridgehead atoms. The number of hydrogen-bond donors (Lipinski definition) is 0. The van der Waals surface area contributed by atoms with Crippen LogP contribution in [-0.2, 0) is 17.9 Å². The van der Waals surface area contributed by atoms with Gasteiger partial charge in [-0.3, -0.25) is 4.79 Å². The van der Waals surface area contributed by atoms with E-state index >= 15 is 0 Å². The third-order valence-electron chi connectivity index (χ3n) is 4.04. The summed E-state index contributed by atoms with van der Waals surface area (Å²) in [4.78, 5) is 14.2. The Balaban J connectivity index is 1.62. The minimum Gasteiger partial charge on any atom is -0.347 e. The molecule has 0 saturated carbocycles. The van der Waals surface area contributed by atoms with Gasteiger partial charge >= 0.3 is 0 Å². The number of para-hydroxylation sites is 1. The Morgan fingerprint density at radius 2 is 1.83 bits per heavy atom. The number of aryl methyl sites for hydroxylation is 1. The molecule has 0 spiro atoms. The number of hydrogen-bond acceptors (Lipinski definition) is 1. The Hall–Kier alpha value is -2.07. The number of halogens is 1. The first kappa shape index (κ1) is 15.8. The first-order valence-electron chi connectivity index (χ1n) is 7.66. The fourth-order valence-corrected chi connectivity index (χ4v) is 3.12. The van der Waals surface area contributed by atoms with Gasteiger partial charge in [-0.05, 0) is 29.1 Å².